The predicted molar refractivity (Wildman–Crippen MR) is 32.8 cm³/mol. The third-order valence-electron chi connectivity index (χ3n) is 0.936. The van der Waals surface area contributed by atoms with E-state index >= 15 is 0 Å². The van der Waals surface area contributed by atoms with Gasteiger partial charge in [-0.3, -0.25) is 0 Å². The molecule has 0 saturated carbocycles. The lowest BCUT2D eigenvalue weighted by Gasteiger charge is -1.99. The van der Waals surface area contributed by atoms with Crippen molar-refractivity contribution >= 4 is 11.6 Å². The summed E-state index contributed by atoms with van der Waals surface area (Å²) in [6.45, 7) is 1.89. The average Bonchev–Trinajstić information content (AvgIpc) is 2.12. The highest BCUT2D eigenvalue weighted by atomic mass is 35.5. The zero-order valence-corrected chi connectivity index (χ0v) is 5.34. The molecule has 2 nitrogen and oxygen atoms in total. The van der Waals surface area contributed by atoms with Gasteiger partial charge in [0.25, 0.3) is 0 Å². The summed E-state index contributed by atoms with van der Waals surface area (Å²) in [5.74, 6) is 0. The lowest BCUT2D eigenvalue weighted by Crippen LogP contribution is -1.92. The van der Waals surface area contributed by atoms with Crippen molar-refractivity contribution in [3.63, 3.8) is 0 Å². The number of halogens is 1. The number of nitrogens with zero attached hydrogens (tertiary/aromatic N) is 2. The van der Waals surface area contributed by atoms with Crippen molar-refractivity contribution in [2.75, 3.05) is 0 Å². The fourth-order valence-corrected chi connectivity index (χ4v) is 0.595. The van der Waals surface area contributed by atoms with Crippen LogP contribution in [0, 0.1) is 0 Å². The SMILES string of the molecule is CC(Cl)n1ccnc1. The number of rotatable bonds is 1. The maximum absolute atomic E-state index is 5.67. The van der Waals surface area contributed by atoms with E-state index in [1.165, 1.54) is 0 Å². The summed E-state index contributed by atoms with van der Waals surface area (Å²) in [7, 11) is 0. The molecule has 0 bridgehead atoms. The fourth-order valence-electron chi connectivity index (χ4n) is 0.480. The van der Waals surface area contributed by atoms with E-state index in [1.54, 1.807) is 12.5 Å². The van der Waals surface area contributed by atoms with Crippen LogP contribution in [0.4, 0.5) is 0 Å². The van der Waals surface area contributed by atoms with Crippen molar-refractivity contribution in [3.05, 3.63) is 18.7 Å². The fraction of sp³-hybridized carbons (Fsp3) is 0.400. The van der Waals surface area contributed by atoms with Crippen LogP contribution in [0.1, 0.15) is 12.4 Å². The van der Waals surface area contributed by atoms with Crippen molar-refractivity contribution in [1.82, 2.24) is 9.55 Å². The van der Waals surface area contributed by atoms with E-state index in [2.05, 4.69) is 4.98 Å². The Morgan fingerprint density at radius 2 is 2.50 bits per heavy atom. The molecule has 8 heavy (non-hydrogen) atoms. The highest BCUT2D eigenvalue weighted by Gasteiger charge is 1.93. The van der Waals surface area contributed by atoms with Crippen LogP contribution >= 0.6 is 11.6 Å². The molecule has 0 N–H and O–H groups in total. The lowest BCUT2D eigenvalue weighted by atomic mass is 10.7. The van der Waals surface area contributed by atoms with Crippen LogP contribution in [0.2, 0.25) is 0 Å². The monoisotopic (exact) mass is 130 g/mol. The molecule has 0 aliphatic carbocycles. The highest BCUT2D eigenvalue weighted by molar-refractivity contribution is 6.18. The minimum atomic E-state index is 0.0116. The molecule has 0 saturated heterocycles. The highest BCUT2D eigenvalue weighted by Crippen LogP contribution is 2.07. The first-order chi connectivity index (χ1) is 3.80. The Morgan fingerprint density at radius 3 is 2.75 bits per heavy atom. The maximum atomic E-state index is 5.67. The van der Waals surface area contributed by atoms with E-state index < -0.39 is 0 Å². The Labute approximate surface area is 53.1 Å². The second-order valence-electron chi connectivity index (χ2n) is 1.58. The van der Waals surface area contributed by atoms with Gasteiger partial charge in [-0.25, -0.2) is 4.98 Å². The first-order valence-electron chi connectivity index (χ1n) is 2.42. The first-order valence-corrected chi connectivity index (χ1v) is 2.86. The molecule has 1 aromatic heterocycles. The standard InChI is InChI=1S/C5H7ClN2/c1-5(6)8-3-2-7-4-8/h2-5H,1H3. The van der Waals surface area contributed by atoms with Crippen LogP contribution in [-0.4, -0.2) is 9.55 Å². The minimum Gasteiger partial charge on any atom is -0.321 e. The number of hydrogen-bond acceptors (Lipinski definition) is 1. The van der Waals surface area contributed by atoms with Crippen LogP contribution in [0.25, 0.3) is 0 Å². The summed E-state index contributed by atoms with van der Waals surface area (Å²) in [5.41, 5.74) is 0.0116. The minimum absolute atomic E-state index is 0.0116. The summed E-state index contributed by atoms with van der Waals surface area (Å²) in [5, 5.41) is 0. The number of alkyl halides is 1. The van der Waals surface area contributed by atoms with Crippen LogP contribution in [0.5, 0.6) is 0 Å². The molecule has 0 radical (unpaired) electrons. The molecule has 1 rings (SSSR count). The molecular weight excluding hydrogens is 124 g/mol. The molecule has 1 aromatic rings. The summed E-state index contributed by atoms with van der Waals surface area (Å²) in [6, 6.07) is 0. The van der Waals surface area contributed by atoms with Gasteiger partial charge in [-0.05, 0) is 6.92 Å². The molecule has 1 atom stereocenters. The molecule has 0 aromatic carbocycles. The Hall–Kier alpha value is -0.500. The van der Waals surface area contributed by atoms with Crippen LogP contribution < -0.4 is 0 Å². The molecule has 0 spiro atoms. The Bertz CT molecular complexity index is 145. The normalized spacial score (nSPS) is 13.8. The van der Waals surface area contributed by atoms with E-state index in [9.17, 15) is 0 Å². The van der Waals surface area contributed by atoms with E-state index in [4.69, 9.17) is 11.6 Å². The average molecular weight is 131 g/mol. The number of hydrogen-bond donors (Lipinski definition) is 0. The van der Waals surface area contributed by atoms with E-state index in [0.29, 0.717) is 0 Å². The summed E-state index contributed by atoms with van der Waals surface area (Å²) in [4.78, 5) is 3.82. The van der Waals surface area contributed by atoms with E-state index in [1.807, 2.05) is 17.7 Å². The molecule has 1 unspecified atom stereocenters. The molecule has 1 heterocycles. The third kappa shape index (κ3) is 1.01. The summed E-state index contributed by atoms with van der Waals surface area (Å²) in [6.07, 6.45) is 5.23. The second-order valence-corrected chi connectivity index (χ2v) is 2.22. The number of aromatic nitrogens is 2. The van der Waals surface area contributed by atoms with Gasteiger partial charge in [-0.1, -0.05) is 11.6 Å². The summed E-state index contributed by atoms with van der Waals surface area (Å²) >= 11 is 5.67. The zero-order valence-electron chi connectivity index (χ0n) is 4.58. The van der Waals surface area contributed by atoms with Gasteiger partial charge in [0.2, 0.25) is 0 Å². The largest absolute Gasteiger partial charge is 0.321 e. The van der Waals surface area contributed by atoms with E-state index in [0.717, 1.165) is 0 Å². The molecule has 44 valence electrons. The van der Waals surface area contributed by atoms with Crippen molar-refractivity contribution < 1.29 is 0 Å². The predicted octanol–water partition coefficient (Wildman–Crippen LogP) is 1.64. The third-order valence-corrected chi connectivity index (χ3v) is 1.16. The molecule has 0 amide bonds. The Balaban J connectivity index is 2.77. The molecular formula is C5H7ClN2. The zero-order chi connectivity index (χ0) is 5.98. The quantitative estimate of drug-likeness (QED) is 0.529. The van der Waals surface area contributed by atoms with Gasteiger partial charge in [0.15, 0.2) is 0 Å². The molecule has 0 fully saturated rings. The summed E-state index contributed by atoms with van der Waals surface area (Å²) < 4.78 is 1.82. The second kappa shape index (κ2) is 2.18. The Kier molecular flexibility index (Phi) is 1.53. The van der Waals surface area contributed by atoms with Gasteiger partial charge in [0.1, 0.15) is 5.50 Å². The van der Waals surface area contributed by atoms with Gasteiger partial charge in [-0.2, -0.15) is 0 Å². The molecule has 0 aliphatic heterocycles. The Morgan fingerprint density at radius 1 is 1.75 bits per heavy atom. The van der Waals surface area contributed by atoms with Crippen molar-refractivity contribution in [2.24, 2.45) is 0 Å². The van der Waals surface area contributed by atoms with Crippen molar-refractivity contribution in [3.8, 4) is 0 Å². The lowest BCUT2D eigenvalue weighted by molar-refractivity contribution is 0.727. The maximum Gasteiger partial charge on any atom is 0.106 e. The van der Waals surface area contributed by atoms with Gasteiger partial charge in [0.05, 0.1) is 6.33 Å². The first kappa shape index (κ1) is 5.63. The van der Waals surface area contributed by atoms with Crippen molar-refractivity contribution in [2.45, 2.75) is 12.4 Å². The van der Waals surface area contributed by atoms with Crippen LogP contribution in [-0.2, 0) is 0 Å². The van der Waals surface area contributed by atoms with Crippen LogP contribution in [0.15, 0.2) is 18.7 Å². The van der Waals surface area contributed by atoms with Crippen LogP contribution in [0.3, 0.4) is 0 Å². The molecule has 3 heteroatoms. The van der Waals surface area contributed by atoms with Gasteiger partial charge in [0, 0.05) is 12.4 Å². The van der Waals surface area contributed by atoms with Gasteiger partial charge < -0.3 is 4.57 Å². The topological polar surface area (TPSA) is 17.8 Å². The van der Waals surface area contributed by atoms with Crippen molar-refractivity contribution in [1.29, 1.82) is 0 Å². The smallest absolute Gasteiger partial charge is 0.106 e. The molecule has 0 aliphatic rings. The van der Waals surface area contributed by atoms with E-state index in [-0.39, 0.29) is 5.50 Å². The van der Waals surface area contributed by atoms with Gasteiger partial charge >= 0.3 is 0 Å². The van der Waals surface area contributed by atoms with Gasteiger partial charge in [-0.15, -0.1) is 0 Å². The number of imidazole rings is 1.